The SMILES string of the molecule is O=C(c1ccccc1O)N1CCN(Cc2nnc(-c3ccccc3Cl)o2)CC1. The lowest BCUT2D eigenvalue weighted by Crippen LogP contribution is -2.48. The minimum atomic E-state index is -0.156. The van der Waals surface area contributed by atoms with Crippen molar-refractivity contribution in [3.05, 3.63) is 65.0 Å². The molecule has 0 unspecified atom stereocenters. The second kappa shape index (κ2) is 8.00. The normalized spacial score (nSPS) is 15.0. The van der Waals surface area contributed by atoms with Gasteiger partial charge in [0.05, 0.1) is 22.7 Å². The number of halogens is 1. The molecule has 1 aliphatic rings. The van der Waals surface area contributed by atoms with Gasteiger partial charge in [0.15, 0.2) is 0 Å². The Hall–Kier alpha value is -2.90. The molecule has 0 bridgehead atoms. The topological polar surface area (TPSA) is 82.7 Å². The average molecular weight is 399 g/mol. The summed E-state index contributed by atoms with van der Waals surface area (Å²) in [6.45, 7) is 3.01. The molecule has 1 saturated heterocycles. The van der Waals surface area contributed by atoms with Crippen molar-refractivity contribution < 1.29 is 14.3 Å². The number of amides is 1. The fraction of sp³-hybridized carbons (Fsp3) is 0.250. The monoisotopic (exact) mass is 398 g/mol. The summed E-state index contributed by atoms with van der Waals surface area (Å²) in [6, 6.07) is 13.9. The number of hydrogen-bond acceptors (Lipinski definition) is 6. The molecule has 144 valence electrons. The third-order valence-corrected chi connectivity index (χ3v) is 5.05. The van der Waals surface area contributed by atoms with Crippen molar-refractivity contribution in [2.75, 3.05) is 26.2 Å². The molecule has 4 rings (SSSR count). The van der Waals surface area contributed by atoms with Crippen LogP contribution in [0, 0.1) is 0 Å². The van der Waals surface area contributed by atoms with Crippen LogP contribution in [0.5, 0.6) is 5.75 Å². The molecule has 1 fully saturated rings. The Morgan fingerprint density at radius 1 is 1.04 bits per heavy atom. The highest BCUT2D eigenvalue weighted by Gasteiger charge is 2.25. The van der Waals surface area contributed by atoms with E-state index in [0.29, 0.717) is 60.7 Å². The van der Waals surface area contributed by atoms with Gasteiger partial charge in [0.1, 0.15) is 5.75 Å². The number of nitrogens with zero attached hydrogens (tertiary/aromatic N) is 4. The molecule has 0 saturated carbocycles. The van der Waals surface area contributed by atoms with Crippen LogP contribution in [0.4, 0.5) is 0 Å². The van der Waals surface area contributed by atoms with E-state index in [-0.39, 0.29) is 11.7 Å². The van der Waals surface area contributed by atoms with E-state index in [2.05, 4.69) is 15.1 Å². The van der Waals surface area contributed by atoms with Gasteiger partial charge in [-0.15, -0.1) is 10.2 Å². The highest BCUT2D eigenvalue weighted by Crippen LogP contribution is 2.26. The Balaban J connectivity index is 1.36. The second-order valence-electron chi connectivity index (χ2n) is 6.57. The van der Waals surface area contributed by atoms with Crippen LogP contribution >= 0.6 is 11.6 Å². The van der Waals surface area contributed by atoms with Crippen LogP contribution in [-0.2, 0) is 6.54 Å². The van der Waals surface area contributed by atoms with Gasteiger partial charge in [-0.25, -0.2) is 0 Å². The van der Waals surface area contributed by atoms with Gasteiger partial charge in [-0.2, -0.15) is 0 Å². The van der Waals surface area contributed by atoms with Gasteiger partial charge >= 0.3 is 0 Å². The predicted molar refractivity (Wildman–Crippen MR) is 104 cm³/mol. The van der Waals surface area contributed by atoms with E-state index in [1.165, 1.54) is 6.07 Å². The number of phenols is 1. The van der Waals surface area contributed by atoms with Crippen LogP contribution in [0.25, 0.3) is 11.5 Å². The van der Waals surface area contributed by atoms with Crippen LogP contribution in [-0.4, -0.2) is 57.2 Å². The van der Waals surface area contributed by atoms with Crippen molar-refractivity contribution >= 4 is 17.5 Å². The number of aromatic hydroxyl groups is 1. The van der Waals surface area contributed by atoms with E-state index in [9.17, 15) is 9.90 Å². The number of phenolic OH excluding ortho intramolecular Hbond substituents is 1. The molecule has 3 aromatic rings. The smallest absolute Gasteiger partial charge is 0.257 e. The number of hydrogen-bond donors (Lipinski definition) is 1. The zero-order chi connectivity index (χ0) is 19.5. The molecular formula is C20H19ClN4O3. The average Bonchev–Trinajstić information content (AvgIpc) is 3.17. The van der Waals surface area contributed by atoms with Gasteiger partial charge in [0.2, 0.25) is 11.8 Å². The zero-order valence-corrected chi connectivity index (χ0v) is 15.8. The zero-order valence-electron chi connectivity index (χ0n) is 15.1. The Morgan fingerprint density at radius 3 is 2.50 bits per heavy atom. The molecule has 1 amide bonds. The number of aromatic nitrogens is 2. The highest BCUT2D eigenvalue weighted by atomic mass is 35.5. The number of piperazine rings is 1. The Morgan fingerprint density at radius 2 is 1.75 bits per heavy atom. The molecule has 0 radical (unpaired) electrons. The lowest BCUT2D eigenvalue weighted by Gasteiger charge is -2.34. The molecule has 0 aliphatic carbocycles. The number of carbonyl (C=O) groups is 1. The van der Waals surface area contributed by atoms with E-state index < -0.39 is 0 Å². The summed E-state index contributed by atoms with van der Waals surface area (Å²) in [4.78, 5) is 16.5. The summed E-state index contributed by atoms with van der Waals surface area (Å²) in [7, 11) is 0. The fourth-order valence-electron chi connectivity index (χ4n) is 3.19. The maximum absolute atomic E-state index is 12.6. The molecule has 0 spiro atoms. The third kappa shape index (κ3) is 3.85. The third-order valence-electron chi connectivity index (χ3n) is 4.72. The lowest BCUT2D eigenvalue weighted by molar-refractivity contribution is 0.0615. The molecule has 7 nitrogen and oxygen atoms in total. The summed E-state index contributed by atoms with van der Waals surface area (Å²) in [5.74, 6) is 0.758. The van der Waals surface area contributed by atoms with Gasteiger partial charge in [-0.05, 0) is 24.3 Å². The van der Waals surface area contributed by atoms with E-state index in [1.807, 2.05) is 18.2 Å². The van der Waals surface area contributed by atoms with Crippen molar-refractivity contribution in [2.45, 2.75) is 6.54 Å². The first-order chi connectivity index (χ1) is 13.6. The Kier molecular flexibility index (Phi) is 5.27. The summed E-state index contributed by atoms with van der Waals surface area (Å²) >= 11 is 6.17. The largest absolute Gasteiger partial charge is 0.507 e. The van der Waals surface area contributed by atoms with Crippen LogP contribution in [0.2, 0.25) is 5.02 Å². The van der Waals surface area contributed by atoms with E-state index >= 15 is 0 Å². The maximum Gasteiger partial charge on any atom is 0.257 e. The molecule has 1 N–H and O–H groups in total. The first kappa shape index (κ1) is 18.5. The van der Waals surface area contributed by atoms with Crippen molar-refractivity contribution in [2.24, 2.45) is 0 Å². The standard InChI is InChI=1S/C20H19ClN4O3/c21-16-7-3-1-5-14(16)19-23-22-18(28-19)13-24-9-11-25(12-10-24)20(27)15-6-2-4-8-17(15)26/h1-8,26H,9-13H2. The molecule has 1 aliphatic heterocycles. The van der Waals surface area contributed by atoms with E-state index in [0.717, 1.165) is 0 Å². The minimum Gasteiger partial charge on any atom is -0.507 e. The van der Waals surface area contributed by atoms with E-state index in [1.54, 1.807) is 29.2 Å². The minimum absolute atomic E-state index is 0.00731. The molecule has 1 aromatic heterocycles. The summed E-state index contributed by atoms with van der Waals surface area (Å²) < 4.78 is 5.75. The van der Waals surface area contributed by atoms with E-state index in [4.69, 9.17) is 16.0 Å². The van der Waals surface area contributed by atoms with Gasteiger partial charge in [-0.1, -0.05) is 35.9 Å². The van der Waals surface area contributed by atoms with Crippen molar-refractivity contribution in [1.82, 2.24) is 20.0 Å². The van der Waals surface area contributed by atoms with Crippen molar-refractivity contribution in [3.8, 4) is 17.2 Å². The van der Waals surface area contributed by atoms with Gasteiger partial charge in [0, 0.05) is 26.2 Å². The van der Waals surface area contributed by atoms with Crippen LogP contribution in [0.1, 0.15) is 16.2 Å². The predicted octanol–water partition coefficient (Wildman–Crippen LogP) is 3.05. The van der Waals surface area contributed by atoms with Crippen LogP contribution in [0.15, 0.2) is 52.9 Å². The molecule has 28 heavy (non-hydrogen) atoms. The molecule has 0 atom stereocenters. The highest BCUT2D eigenvalue weighted by molar-refractivity contribution is 6.33. The Labute approximate surface area is 167 Å². The first-order valence-corrected chi connectivity index (χ1v) is 9.36. The Bertz CT molecular complexity index is 983. The quantitative estimate of drug-likeness (QED) is 0.727. The van der Waals surface area contributed by atoms with Crippen LogP contribution < -0.4 is 0 Å². The summed E-state index contributed by atoms with van der Waals surface area (Å²) in [5, 5.41) is 18.6. The lowest BCUT2D eigenvalue weighted by atomic mass is 10.1. The van der Waals surface area contributed by atoms with Gasteiger partial charge in [-0.3, -0.25) is 9.69 Å². The molecule has 2 heterocycles. The number of carbonyl (C=O) groups excluding carboxylic acids is 1. The van der Waals surface area contributed by atoms with Gasteiger partial charge in [0.25, 0.3) is 5.91 Å². The fourth-order valence-corrected chi connectivity index (χ4v) is 3.40. The number of benzene rings is 2. The van der Waals surface area contributed by atoms with Crippen molar-refractivity contribution in [1.29, 1.82) is 0 Å². The maximum atomic E-state index is 12.6. The number of rotatable bonds is 4. The molecule has 8 heteroatoms. The first-order valence-electron chi connectivity index (χ1n) is 8.99. The summed E-state index contributed by atoms with van der Waals surface area (Å²) in [6.07, 6.45) is 0. The molecular weight excluding hydrogens is 380 g/mol. The molecule has 2 aromatic carbocycles. The van der Waals surface area contributed by atoms with Crippen molar-refractivity contribution in [3.63, 3.8) is 0 Å². The second-order valence-corrected chi connectivity index (χ2v) is 6.97. The van der Waals surface area contributed by atoms with Gasteiger partial charge < -0.3 is 14.4 Å². The number of para-hydroxylation sites is 1. The summed E-state index contributed by atoms with van der Waals surface area (Å²) in [5.41, 5.74) is 1.04. The van der Waals surface area contributed by atoms with Crippen LogP contribution in [0.3, 0.4) is 0 Å².